The molecule has 0 aromatic carbocycles. The Morgan fingerprint density at radius 1 is 1.27 bits per heavy atom. The number of esters is 1. The van der Waals surface area contributed by atoms with Crippen LogP contribution in [0, 0.1) is 0 Å². The van der Waals surface area contributed by atoms with Gasteiger partial charge in [-0.05, 0) is 40.5 Å². The van der Waals surface area contributed by atoms with Crippen molar-refractivity contribution in [2.24, 2.45) is 0 Å². The minimum atomic E-state index is -0.656. The second kappa shape index (κ2) is 5.94. The summed E-state index contributed by atoms with van der Waals surface area (Å²) in [5.74, 6) is -0.720. The monoisotopic (exact) mass is 307 g/mol. The third-order valence-electron chi connectivity index (χ3n) is 3.29. The van der Waals surface area contributed by atoms with Gasteiger partial charge in [-0.1, -0.05) is 0 Å². The number of hydrogen-bond donors (Lipinski definition) is 0. The highest BCUT2D eigenvalue weighted by atomic mass is 16.6. The van der Waals surface area contributed by atoms with Crippen LogP contribution in [0.5, 0.6) is 0 Å². The highest BCUT2D eigenvalue weighted by molar-refractivity contribution is 6.08. The van der Waals surface area contributed by atoms with Crippen molar-refractivity contribution < 1.29 is 23.9 Å². The number of ether oxygens (including phenoxy) is 2. The molecule has 0 aliphatic heterocycles. The molecule has 0 spiro atoms. The van der Waals surface area contributed by atoms with Gasteiger partial charge in [0.05, 0.1) is 17.7 Å². The lowest BCUT2D eigenvalue weighted by Gasteiger charge is -2.21. The summed E-state index contributed by atoms with van der Waals surface area (Å²) in [4.78, 5) is 36.5. The number of Topliss-reactive ketones (excluding diaryl/α,β-unsaturated/α-hetero) is 1. The predicted molar refractivity (Wildman–Crippen MR) is 79.3 cm³/mol. The van der Waals surface area contributed by atoms with Gasteiger partial charge in [0.25, 0.3) is 0 Å². The van der Waals surface area contributed by atoms with Gasteiger partial charge in [-0.2, -0.15) is 0 Å². The molecule has 0 saturated heterocycles. The number of ketones is 1. The Bertz CT molecular complexity index is 621. The van der Waals surface area contributed by atoms with E-state index < -0.39 is 17.7 Å². The fourth-order valence-electron chi connectivity index (χ4n) is 2.48. The van der Waals surface area contributed by atoms with Gasteiger partial charge in [0.15, 0.2) is 5.78 Å². The maximum absolute atomic E-state index is 12.3. The predicted octanol–water partition coefficient (Wildman–Crippen LogP) is 2.97. The number of nitrogens with zero attached hydrogens (tertiary/aromatic N) is 1. The summed E-state index contributed by atoms with van der Waals surface area (Å²) < 4.78 is 11.6. The lowest BCUT2D eigenvalue weighted by atomic mass is 9.94. The van der Waals surface area contributed by atoms with Crippen LogP contribution in [-0.2, 0) is 15.9 Å². The number of rotatable bonds is 2. The van der Waals surface area contributed by atoms with Crippen molar-refractivity contribution in [1.29, 1.82) is 0 Å². The van der Waals surface area contributed by atoms with Crippen molar-refractivity contribution in [3.63, 3.8) is 0 Å². The van der Waals surface area contributed by atoms with E-state index in [0.717, 1.165) is 0 Å². The van der Waals surface area contributed by atoms with Gasteiger partial charge in [-0.25, -0.2) is 9.59 Å². The van der Waals surface area contributed by atoms with Crippen LogP contribution >= 0.6 is 0 Å². The molecule has 120 valence electrons. The fourth-order valence-corrected chi connectivity index (χ4v) is 2.48. The molecule has 0 saturated carbocycles. The molecule has 0 atom stereocenters. The molecule has 0 N–H and O–H groups in total. The van der Waals surface area contributed by atoms with E-state index in [0.29, 0.717) is 30.5 Å². The second-order valence-corrected chi connectivity index (χ2v) is 6.21. The van der Waals surface area contributed by atoms with Crippen molar-refractivity contribution in [2.45, 2.75) is 52.6 Å². The van der Waals surface area contributed by atoms with E-state index in [4.69, 9.17) is 9.47 Å². The zero-order valence-electron chi connectivity index (χ0n) is 13.4. The Labute approximate surface area is 129 Å². The van der Waals surface area contributed by atoms with Gasteiger partial charge in [0.1, 0.15) is 5.60 Å². The van der Waals surface area contributed by atoms with Gasteiger partial charge >= 0.3 is 12.1 Å². The topological polar surface area (TPSA) is 74.6 Å². The molecule has 6 nitrogen and oxygen atoms in total. The smallest absolute Gasteiger partial charge is 0.418 e. The van der Waals surface area contributed by atoms with Gasteiger partial charge in [-0.15, -0.1) is 0 Å². The summed E-state index contributed by atoms with van der Waals surface area (Å²) in [6, 6.07) is 0. The maximum Gasteiger partial charge on any atom is 0.418 e. The van der Waals surface area contributed by atoms with Gasteiger partial charge < -0.3 is 9.47 Å². The SMILES string of the molecule is CCOC(=O)c1cn(C(=O)OC(C)(C)C)c2c1C(=O)CCC2. The lowest BCUT2D eigenvalue weighted by molar-refractivity contribution is 0.0523. The van der Waals surface area contributed by atoms with Crippen molar-refractivity contribution >= 4 is 17.8 Å². The number of fused-ring (bicyclic) bond motifs is 1. The van der Waals surface area contributed by atoms with Crippen LogP contribution in [0.3, 0.4) is 0 Å². The molecule has 6 heteroatoms. The zero-order valence-corrected chi connectivity index (χ0v) is 13.4. The van der Waals surface area contributed by atoms with Crippen molar-refractivity contribution in [2.75, 3.05) is 6.61 Å². The average Bonchev–Trinajstić information content (AvgIpc) is 2.78. The molecule has 1 aromatic heterocycles. The summed E-state index contributed by atoms with van der Waals surface area (Å²) in [5.41, 5.74) is 0.327. The second-order valence-electron chi connectivity index (χ2n) is 6.21. The quantitative estimate of drug-likeness (QED) is 0.785. The van der Waals surface area contributed by atoms with E-state index in [9.17, 15) is 14.4 Å². The summed E-state index contributed by atoms with van der Waals surface area (Å²) >= 11 is 0. The van der Waals surface area contributed by atoms with E-state index in [1.165, 1.54) is 10.8 Å². The third-order valence-corrected chi connectivity index (χ3v) is 3.29. The van der Waals surface area contributed by atoms with Gasteiger partial charge in [-0.3, -0.25) is 9.36 Å². The van der Waals surface area contributed by atoms with Gasteiger partial charge in [0, 0.05) is 18.3 Å². The number of carbonyl (C=O) groups is 3. The number of aromatic nitrogens is 1. The van der Waals surface area contributed by atoms with Crippen molar-refractivity contribution in [3.8, 4) is 0 Å². The Morgan fingerprint density at radius 2 is 1.95 bits per heavy atom. The highest BCUT2D eigenvalue weighted by Gasteiger charge is 2.32. The molecule has 1 aromatic rings. The first-order valence-corrected chi connectivity index (χ1v) is 7.42. The van der Waals surface area contributed by atoms with E-state index in [1.54, 1.807) is 27.7 Å². The molecule has 0 amide bonds. The van der Waals surface area contributed by atoms with Crippen LogP contribution in [0.2, 0.25) is 0 Å². The summed E-state index contributed by atoms with van der Waals surface area (Å²) in [6.07, 6.45) is 2.35. The first kappa shape index (κ1) is 16.3. The first-order valence-electron chi connectivity index (χ1n) is 7.42. The van der Waals surface area contributed by atoms with E-state index >= 15 is 0 Å². The van der Waals surface area contributed by atoms with E-state index in [1.807, 2.05) is 0 Å². The Kier molecular flexibility index (Phi) is 4.39. The fraction of sp³-hybridized carbons (Fsp3) is 0.562. The van der Waals surface area contributed by atoms with Crippen LogP contribution in [0.15, 0.2) is 6.20 Å². The summed E-state index contributed by atoms with van der Waals surface area (Å²) in [5, 5.41) is 0. The van der Waals surface area contributed by atoms with Crippen LogP contribution in [-0.4, -0.2) is 34.6 Å². The third kappa shape index (κ3) is 3.21. The molecular weight excluding hydrogens is 286 g/mol. The Hall–Kier alpha value is -2.11. The Balaban J connectivity index is 2.48. The minimum Gasteiger partial charge on any atom is -0.462 e. The van der Waals surface area contributed by atoms with Crippen LogP contribution in [0.1, 0.15) is 66.9 Å². The standard InChI is InChI=1S/C16H21NO5/c1-5-21-14(19)10-9-17(15(20)22-16(2,3)4)11-7-6-8-12(18)13(10)11/h9H,5-8H2,1-4H3. The van der Waals surface area contributed by atoms with Crippen molar-refractivity contribution in [3.05, 3.63) is 23.0 Å². The average molecular weight is 307 g/mol. The van der Waals surface area contributed by atoms with E-state index in [2.05, 4.69) is 0 Å². The minimum absolute atomic E-state index is 0.133. The number of carbonyl (C=O) groups excluding carboxylic acids is 3. The van der Waals surface area contributed by atoms with Crippen molar-refractivity contribution in [1.82, 2.24) is 4.57 Å². The zero-order chi connectivity index (χ0) is 16.5. The molecule has 1 heterocycles. The molecule has 0 radical (unpaired) electrons. The molecule has 1 aliphatic rings. The molecule has 0 fully saturated rings. The van der Waals surface area contributed by atoms with Crippen LogP contribution < -0.4 is 0 Å². The molecular formula is C16H21NO5. The van der Waals surface area contributed by atoms with E-state index in [-0.39, 0.29) is 18.0 Å². The molecule has 2 rings (SSSR count). The normalized spacial score (nSPS) is 14.5. The van der Waals surface area contributed by atoms with Crippen LogP contribution in [0.25, 0.3) is 0 Å². The summed E-state index contributed by atoms with van der Waals surface area (Å²) in [7, 11) is 0. The lowest BCUT2D eigenvalue weighted by Crippen LogP contribution is -2.28. The van der Waals surface area contributed by atoms with Crippen LogP contribution in [0.4, 0.5) is 4.79 Å². The van der Waals surface area contributed by atoms with Gasteiger partial charge in [0.2, 0.25) is 0 Å². The maximum atomic E-state index is 12.3. The first-order chi connectivity index (χ1) is 10.2. The molecule has 0 unspecified atom stereocenters. The number of hydrogen-bond acceptors (Lipinski definition) is 5. The Morgan fingerprint density at radius 3 is 2.55 bits per heavy atom. The molecule has 1 aliphatic carbocycles. The molecule has 22 heavy (non-hydrogen) atoms. The highest BCUT2D eigenvalue weighted by Crippen LogP contribution is 2.28. The molecule has 0 bridgehead atoms. The summed E-state index contributed by atoms with van der Waals surface area (Å²) in [6.45, 7) is 7.19. The largest absolute Gasteiger partial charge is 0.462 e.